The fraction of sp³-hybridized carbons (Fsp3) is 0.250. The molecule has 1 aliphatic rings. The predicted molar refractivity (Wildman–Crippen MR) is 82.0 cm³/mol. The number of carbonyl (C=O) groups excluding carboxylic acids is 1. The molecule has 1 heterocycles. The number of hydrogen-bond acceptors (Lipinski definition) is 3. The number of carbonyl (C=O) groups is 1. The van der Waals surface area contributed by atoms with E-state index in [1.54, 1.807) is 11.3 Å². The van der Waals surface area contributed by atoms with Gasteiger partial charge < -0.3 is 0 Å². The van der Waals surface area contributed by atoms with Crippen molar-refractivity contribution in [2.24, 2.45) is 11.0 Å². The maximum atomic E-state index is 12.0. The molecule has 0 spiro atoms. The Kier molecular flexibility index (Phi) is 3.65. The third-order valence-corrected chi connectivity index (χ3v) is 4.55. The molecule has 3 nitrogen and oxygen atoms in total. The van der Waals surface area contributed by atoms with Crippen molar-refractivity contribution in [3.05, 3.63) is 58.3 Å². The van der Waals surface area contributed by atoms with Crippen LogP contribution >= 0.6 is 11.3 Å². The Morgan fingerprint density at radius 3 is 2.75 bits per heavy atom. The molecule has 102 valence electrons. The number of hydrogen-bond donors (Lipinski definition) is 1. The van der Waals surface area contributed by atoms with Crippen molar-refractivity contribution < 1.29 is 4.79 Å². The lowest BCUT2D eigenvalue weighted by Gasteiger charge is -2.01. The zero-order chi connectivity index (χ0) is 13.9. The van der Waals surface area contributed by atoms with Gasteiger partial charge in [0.2, 0.25) is 5.91 Å². The Bertz CT molecular complexity index is 619. The highest BCUT2D eigenvalue weighted by molar-refractivity contribution is 7.12. The van der Waals surface area contributed by atoms with Crippen molar-refractivity contribution in [1.29, 1.82) is 0 Å². The van der Waals surface area contributed by atoms with E-state index in [1.807, 2.05) is 42.6 Å². The number of amides is 1. The lowest BCUT2D eigenvalue weighted by molar-refractivity contribution is -0.122. The molecular weight excluding hydrogens is 268 g/mol. The third-order valence-electron chi connectivity index (χ3n) is 3.57. The SMILES string of the molecule is CC(=NNC(=O)C1CC1c1ccccc1)c1cccs1. The molecule has 2 unspecified atom stereocenters. The van der Waals surface area contributed by atoms with Crippen molar-refractivity contribution in [2.75, 3.05) is 0 Å². The van der Waals surface area contributed by atoms with Crippen LogP contribution in [-0.4, -0.2) is 11.6 Å². The lowest BCUT2D eigenvalue weighted by atomic mass is 10.1. The number of benzene rings is 1. The van der Waals surface area contributed by atoms with E-state index >= 15 is 0 Å². The van der Waals surface area contributed by atoms with E-state index in [0.717, 1.165) is 17.0 Å². The average Bonchev–Trinajstić information content (AvgIpc) is 3.10. The average molecular weight is 284 g/mol. The largest absolute Gasteiger partial charge is 0.273 e. The molecule has 3 rings (SSSR count). The minimum absolute atomic E-state index is 0.0229. The maximum Gasteiger partial charge on any atom is 0.243 e. The van der Waals surface area contributed by atoms with E-state index < -0.39 is 0 Å². The fourth-order valence-corrected chi connectivity index (χ4v) is 2.99. The van der Waals surface area contributed by atoms with Crippen LogP contribution in [0.5, 0.6) is 0 Å². The summed E-state index contributed by atoms with van der Waals surface area (Å²) in [4.78, 5) is 13.1. The molecule has 1 aliphatic carbocycles. The molecule has 4 heteroatoms. The second kappa shape index (κ2) is 5.59. The number of nitrogens with one attached hydrogen (secondary N) is 1. The van der Waals surface area contributed by atoms with Gasteiger partial charge in [-0.3, -0.25) is 4.79 Å². The molecule has 0 bridgehead atoms. The van der Waals surface area contributed by atoms with Crippen LogP contribution < -0.4 is 5.43 Å². The smallest absolute Gasteiger partial charge is 0.243 e. The molecule has 1 saturated carbocycles. The van der Waals surface area contributed by atoms with Gasteiger partial charge in [0.05, 0.1) is 5.71 Å². The van der Waals surface area contributed by atoms with E-state index in [1.165, 1.54) is 5.56 Å². The summed E-state index contributed by atoms with van der Waals surface area (Å²) in [6, 6.07) is 14.2. The Morgan fingerprint density at radius 2 is 2.05 bits per heavy atom. The van der Waals surface area contributed by atoms with Crippen LogP contribution in [0.2, 0.25) is 0 Å². The first-order valence-electron chi connectivity index (χ1n) is 6.68. The summed E-state index contributed by atoms with van der Waals surface area (Å²) in [5.74, 6) is 0.445. The molecule has 2 aromatic rings. The summed E-state index contributed by atoms with van der Waals surface area (Å²) in [6.07, 6.45) is 0.920. The monoisotopic (exact) mass is 284 g/mol. The summed E-state index contributed by atoms with van der Waals surface area (Å²) in [7, 11) is 0. The molecule has 1 aromatic carbocycles. The predicted octanol–water partition coefficient (Wildman–Crippen LogP) is 3.39. The van der Waals surface area contributed by atoms with E-state index in [0.29, 0.717) is 5.92 Å². The first-order valence-corrected chi connectivity index (χ1v) is 7.56. The third kappa shape index (κ3) is 2.80. The first kappa shape index (κ1) is 13.1. The minimum atomic E-state index is 0.0229. The Balaban J connectivity index is 1.58. The minimum Gasteiger partial charge on any atom is -0.273 e. The van der Waals surface area contributed by atoms with Crippen molar-refractivity contribution in [2.45, 2.75) is 19.3 Å². The van der Waals surface area contributed by atoms with Gasteiger partial charge in [0.15, 0.2) is 0 Å². The first-order chi connectivity index (χ1) is 9.75. The van der Waals surface area contributed by atoms with Gasteiger partial charge in [-0.2, -0.15) is 5.10 Å². The van der Waals surface area contributed by atoms with Crippen molar-refractivity contribution in [3.63, 3.8) is 0 Å². The van der Waals surface area contributed by atoms with Gasteiger partial charge in [0.1, 0.15) is 0 Å². The second-order valence-electron chi connectivity index (χ2n) is 5.01. The summed E-state index contributed by atoms with van der Waals surface area (Å²) < 4.78 is 0. The van der Waals surface area contributed by atoms with Gasteiger partial charge in [-0.1, -0.05) is 36.4 Å². The molecule has 0 aliphatic heterocycles. The van der Waals surface area contributed by atoms with E-state index in [4.69, 9.17) is 0 Å². The Hall–Kier alpha value is -1.94. The number of thiophene rings is 1. The van der Waals surface area contributed by atoms with Gasteiger partial charge in [-0.25, -0.2) is 5.43 Å². The van der Waals surface area contributed by atoms with Crippen LogP contribution in [0.15, 0.2) is 52.9 Å². The maximum absolute atomic E-state index is 12.0. The van der Waals surface area contributed by atoms with Crippen LogP contribution in [0, 0.1) is 5.92 Å². The Morgan fingerprint density at radius 1 is 1.25 bits per heavy atom. The molecule has 0 radical (unpaired) electrons. The molecule has 1 fully saturated rings. The van der Waals surface area contributed by atoms with Gasteiger partial charge in [0.25, 0.3) is 0 Å². The van der Waals surface area contributed by atoms with E-state index in [9.17, 15) is 4.79 Å². The van der Waals surface area contributed by atoms with E-state index in [-0.39, 0.29) is 11.8 Å². The number of rotatable bonds is 4. The quantitative estimate of drug-likeness (QED) is 0.678. The summed E-state index contributed by atoms with van der Waals surface area (Å²) >= 11 is 1.62. The van der Waals surface area contributed by atoms with Gasteiger partial charge in [-0.05, 0) is 36.3 Å². The van der Waals surface area contributed by atoms with E-state index in [2.05, 4.69) is 22.7 Å². The van der Waals surface area contributed by atoms with Crippen molar-refractivity contribution >= 4 is 23.0 Å². The summed E-state index contributed by atoms with van der Waals surface area (Å²) in [5.41, 5.74) is 4.78. The number of nitrogens with zero attached hydrogens (tertiary/aromatic N) is 1. The molecule has 1 amide bonds. The zero-order valence-corrected chi connectivity index (χ0v) is 12.1. The topological polar surface area (TPSA) is 41.5 Å². The highest BCUT2D eigenvalue weighted by atomic mass is 32.1. The Labute approximate surface area is 122 Å². The highest BCUT2D eigenvalue weighted by Gasteiger charge is 2.43. The molecule has 20 heavy (non-hydrogen) atoms. The van der Waals surface area contributed by atoms with Crippen LogP contribution in [0.4, 0.5) is 0 Å². The van der Waals surface area contributed by atoms with Gasteiger partial charge in [0, 0.05) is 10.8 Å². The summed E-state index contributed by atoms with van der Waals surface area (Å²) in [5, 5.41) is 6.19. The molecule has 1 N–H and O–H groups in total. The molecule has 2 atom stereocenters. The highest BCUT2D eigenvalue weighted by Crippen LogP contribution is 2.47. The molecule has 0 saturated heterocycles. The standard InChI is InChI=1S/C16H16N2OS/c1-11(15-8-5-9-20-15)17-18-16(19)14-10-13(14)12-6-3-2-4-7-12/h2-9,13-14H,10H2,1H3,(H,18,19). The second-order valence-corrected chi connectivity index (χ2v) is 5.96. The molecule has 1 aromatic heterocycles. The van der Waals surface area contributed by atoms with Crippen molar-refractivity contribution in [3.8, 4) is 0 Å². The number of hydrazone groups is 1. The van der Waals surface area contributed by atoms with Crippen molar-refractivity contribution in [1.82, 2.24) is 5.43 Å². The fourth-order valence-electron chi connectivity index (χ4n) is 2.31. The van der Waals surface area contributed by atoms with Crippen LogP contribution in [0.25, 0.3) is 0 Å². The lowest BCUT2D eigenvalue weighted by Crippen LogP contribution is -2.21. The van der Waals surface area contributed by atoms with Crippen LogP contribution in [0.3, 0.4) is 0 Å². The van der Waals surface area contributed by atoms with Gasteiger partial charge in [-0.15, -0.1) is 11.3 Å². The van der Waals surface area contributed by atoms with Crippen LogP contribution in [-0.2, 0) is 4.79 Å². The normalized spacial score (nSPS) is 21.6. The molecular formula is C16H16N2OS. The summed E-state index contributed by atoms with van der Waals surface area (Å²) in [6.45, 7) is 1.91. The van der Waals surface area contributed by atoms with Gasteiger partial charge >= 0.3 is 0 Å². The zero-order valence-electron chi connectivity index (χ0n) is 11.2. The van der Waals surface area contributed by atoms with Crippen LogP contribution in [0.1, 0.15) is 29.7 Å².